The highest BCUT2D eigenvalue weighted by atomic mass is 35.5. The molecule has 0 aromatic heterocycles. The van der Waals surface area contributed by atoms with Gasteiger partial charge in [-0.25, -0.2) is 0 Å². The molecule has 0 heterocycles. The third-order valence-corrected chi connectivity index (χ3v) is 2.58. The number of methoxy groups -OCH3 is 1. The Hall–Kier alpha value is -1.48. The van der Waals surface area contributed by atoms with Crippen molar-refractivity contribution in [1.82, 2.24) is 0 Å². The van der Waals surface area contributed by atoms with Crippen LogP contribution in [-0.2, 0) is 0 Å². The van der Waals surface area contributed by atoms with Crippen LogP contribution in [-0.4, -0.2) is 19.5 Å². The molecule has 0 radical (unpaired) electrons. The predicted molar refractivity (Wildman–Crippen MR) is 68.1 cm³/mol. The zero-order valence-electron chi connectivity index (χ0n) is 10.1. The smallest absolute Gasteiger partial charge is 0.161 e. The van der Waals surface area contributed by atoms with Crippen LogP contribution in [0.2, 0.25) is 0 Å². The van der Waals surface area contributed by atoms with Crippen LogP contribution in [0, 0.1) is 0 Å². The number of halogens is 1. The summed E-state index contributed by atoms with van der Waals surface area (Å²) in [6.07, 6.45) is 0. The van der Waals surface area contributed by atoms with E-state index in [9.17, 15) is 4.79 Å². The number of Topliss-reactive ketones (excluding diaryl/α,β-unsaturated/α-hetero) is 1. The standard InChI is InChI=1S/C13H15ClO3/c1-9(7-14)8-17-12-5-4-11(10(2)15)6-13(12)16-3/h4-7H,8H2,1-3H3/b9-7+. The molecule has 0 atom stereocenters. The number of benzene rings is 1. The van der Waals surface area contributed by atoms with Gasteiger partial charge in [-0.15, -0.1) is 0 Å². The lowest BCUT2D eigenvalue weighted by Crippen LogP contribution is -2.01. The van der Waals surface area contributed by atoms with Crippen LogP contribution in [0.3, 0.4) is 0 Å². The van der Waals surface area contributed by atoms with Crippen molar-refractivity contribution in [3.05, 3.63) is 34.9 Å². The second kappa shape index (κ2) is 6.30. The first kappa shape index (κ1) is 13.6. The highest BCUT2D eigenvalue weighted by Crippen LogP contribution is 2.28. The van der Waals surface area contributed by atoms with E-state index in [1.807, 2.05) is 6.92 Å². The molecule has 0 amide bonds. The van der Waals surface area contributed by atoms with E-state index >= 15 is 0 Å². The van der Waals surface area contributed by atoms with E-state index in [1.54, 1.807) is 18.2 Å². The summed E-state index contributed by atoms with van der Waals surface area (Å²) in [7, 11) is 1.54. The van der Waals surface area contributed by atoms with Gasteiger partial charge < -0.3 is 9.47 Å². The normalized spacial score (nSPS) is 11.2. The molecule has 0 spiro atoms. The van der Waals surface area contributed by atoms with Gasteiger partial charge in [-0.3, -0.25) is 4.79 Å². The largest absolute Gasteiger partial charge is 0.493 e. The molecule has 1 rings (SSSR count). The number of carbonyl (C=O) groups is 1. The molecule has 4 heteroatoms. The molecule has 0 saturated heterocycles. The Morgan fingerprint density at radius 2 is 2.06 bits per heavy atom. The Kier molecular flexibility index (Phi) is 5.04. The molecule has 0 aliphatic carbocycles. The number of rotatable bonds is 5. The van der Waals surface area contributed by atoms with Gasteiger partial charge in [0.2, 0.25) is 0 Å². The first-order chi connectivity index (χ1) is 8.08. The molecule has 0 unspecified atom stereocenters. The van der Waals surface area contributed by atoms with E-state index in [0.717, 1.165) is 5.57 Å². The van der Waals surface area contributed by atoms with Crippen molar-refractivity contribution < 1.29 is 14.3 Å². The quantitative estimate of drug-likeness (QED) is 0.756. The Morgan fingerprint density at radius 3 is 2.59 bits per heavy atom. The molecule has 0 fully saturated rings. The molecule has 1 aromatic rings. The average Bonchev–Trinajstić information content (AvgIpc) is 2.35. The van der Waals surface area contributed by atoms with Crippen molar-refractivity contribution in [3.8, 4) is 11.5 Å². The van der Waals surface area contributed by atoms with Crippen LogP contribution in [0.15, 0.2) is 29.3 Å². The number of hydrogen-bond donors (Lipinski definition) is 0. The van der Waals surface area contributed by atoms with E-state index in [-0.39, 0.29) is 5.78 Å². The van der Waals surface area contributed by atoms with Gasteiger partial charge in [-0.05, 0) is 37.6 Å². The van der Waals surface area contributed by atoms with Gasteiger partial charge in [0.15, 0.2) is 17.3 Å². The lowest BCUT2D eigenvalue weighted by atomic mass is 10.1. The molecule has 0 aliphatic heterocycles. The van der Waals surface area contributed by atoms with E-state index in [4.69, 9.17) is 21.1 Å². The van der Waals surface area contributed by atoms with Gasteiger partial charge >= 0.3 is 0 Å². The zero-order valence-corrected chi connectivity index (χ0v) is 10.9. The minimum Gasteiger partial charge on any atom is -0.493 e. The van der Waals surface area contributed by atoms with Gasteiger partial charge in [-0.1, -0.05) is 11.6 Å². The summed E-state index contributed by atoms with van der Waals surface area (Å²) < 4.78 is 10.7. The maximum Gasteiger partial charge on any atom is 0.161 e. The van der Waals surface area contributed by atoms with Crippen LogP contribution in [0.4, 0.5) is 0 Å². The van der Waals surface area contributed by atoms with Crippen molar-refractivity contribution in [2.75, 3.05) is 13.7 Å². The SMILES string of the molecule is COc1cc(C(C)=O)ccc1OC/C(C)=C/Cl. The second-order valence-corrected chi connectivity index (χ2v) is 3.88. The molecular weight excluding hydrogens is 240 g/mol. The van der Waals surface area contributed by atoms with Gasteiger partial charge in [0.05, 0.1) is 7.11 Å². The monoisotopic (exact) mass is 254 g/mol. The summed E-state index contributed by atoms with van der Waals surface area (Å²) in [5.74, 6) is 1.13. The van der Waals surface area contributed by atoms with E-state index in [1.165, 1.54) is 19.6 Å². The number of hydrogen-bond acceptors (Lipinski definition) is 3. The van der Waals surface area contributed by atoms with Crippen molar-refractivity contribution in [1.29, 1.82) is 0 Å². The maximum absolute atomic E-state index is 11.2. The van der Waals surface area contributed by atoms with E-state index < -0.39 is 0 Å². The number of ether oxygens (including phenoxy) is 2. The number of ketones is 1. The summed E-state index contributed by atoms with van der Waals surface area (Å²) in [6, 6.07) is 5.09. The fraction of sp³-hybridized carbons (Fsp3) is 0.308. The van der Waals surface area contributed by atoms with E-state index in [2.05, 4.69) is 0 Å². The Labute approximate surface area is 106 Å². The first-order valence-electron chi connectivity index (χ1n) is 5.16. The fourth-order valence-corrected chi connectivity index (χ4v) is 1.29. The van der Waals surface area contributed by atoms with Crippen LogP contribution in [0.5, 0.6) is 11.5 Å². The highest BCUT2D eigenvalue weighted by molar-refractivity contribution is 6.25. The number of carbonyl (C=O) groups excluding carboxylic acids is 1. The third-order valence-electron chi connectivity index (χ3n) is 2.21. The second-order valence-electron chi connectivity index (χ2n) is 3.67. The van der Waals surface area contributed by atoms with Crippen LogP contribution >= 0.6 is 11.6 Å². The summed E-state index contributed by atoms with van der Waals surface area (Å²) in [5.41, 5.74) is 2.97. The zero-order chi connectivity index (χ0) is 12.8. The predicted octanol–water partition coefficient (Wildman–Crippen LogP) is 3.42. The van der Waals surface area contributed by atoms with Crippen molar-refractivity contribution in [3.63, 3.8) is 0 Å². The lowest BCUT2D eigenvalue weighted by molar-refractivity contribution is 0.101. The molecule has 17 heavy (non-hydrogen) atoms. The summed E-state index contributed by atoms with van der Waals surface area (Å²) in [4.78, 5) is 11.2. The first-order valence-corrected chi connectivity index (χ1v) is 5.59. The van der Waals surface area contributed by atoms with Crippen molar-refractivity contribution >= 4 is 17.4 Å². The Morgan fingerprint density at radius 1 is 1.35 bits per heavy atom. The van der Waals surface area contributed by atoms with Gasteiger partial charge in [0.1, 0.15) is 6.61 Å². The highest BCUT2D eigenvalue weighted by Gasteiger charge is 2.08. The van der Waals surface area contributed by atoms with Gasteiger partial charge in [0.25, 0.3) is 0 Å². The summed E-state index contributed by atoms with van der Waals surface area (Å²) >= 11 is 5.54. The summed E-state index contributed by atoms with van der Waals surface area (Å²) in [6.45, 7) is 3.76. The Bertz CT molecular complexity index is 438. The van der Waals surface area contributed by atoms with E-state index in [0.29, 0.717) is 23.7 Å². The van der Waals surface area contributed by atoms with Crippen molar-refractivity contribution in [2.45, 2.75) is 13.8 Å². The minimum absolute atomic E-state index is 0.00770. The molecule has 92 valence electrons. The van der Waals surface area contributed by atoms with Gasteiger partial charge in [-0.2, -0.15) is 0 Å². The Balaban J connectivity index is 2.89. The van der Waals surface area contributed by atoms with Crippen molar-refractivity contribution in [2.24, 2.45) is 0 Å². The lowest BCUT2D eigenvalue weighted by Gasteiger charge is -2.11. The molecule has 0 N–H and O–H groups in total. The van der Waals surface area contributed by atoms with Crippen LogP contribution in [0.25, 0.3) is 0 Å². The molecule has 1 aromatic carbocycles. The van der Waals surface area contributed by atoms with Crippen LogP contribution in [0.1, 0.15) is 24.2 Å². The third kappa shape index (κ3) is 3.79. The maximum atomic E-state index is 11.2. The molecule has 3 nitrogen and oxygen atoms in total. The van der Waals surface area contributed by atoms with Gasteiger partial charge in [0, 0.05) is 11.1 Å². The molecule has 0 bridgehead atoms. The molecule has 0 saturated carbocycles. The fourth-order valence-electron chi connectivity index (χ4n) is 1.23. The summed E-state index contributed by atoms with van der Waals surface area (Å²) in [5, 5.41) is 0. The molecular formula is C13H15ClO3. The average molecular weight is 255 g/mol. The minimum atomic E-state index is -0.00770. The molecule has 0 aliphatic rings. The van der Waals surface area contributed by atoms with Crippen LogP contribution < -0.4 is 9.47 Å². The topological polar surface area (TPSA) is 35.5 Å².